The van der Waals surface area contributed by atoms with Gasteiger partial charge in [0, 0.05) is 40.5 Å². The van der Waals surface area contributed by atoms with Crippen molar-refractivity contribution in [2.45, 2.75) is 32.9 Å². The van der Waals surface area contributed by atoms with E-state index in [4.69, 9.17) is 9.47 Å². The van der Waals surface area contributed by atoms with Gasteiger partial charge in [-0.1, -0.05) is 6.92 Å². The molecule has 1 rings (SSSR count). The topological polar surface area (TPSA) is 21.7 Å². The van der Waals surface area contributed by atoms with Gasteiger partial charge in [-0.05, 0) is 0 Å². The van der Waals surface area contributed by atoms with E-state index in [2.05, 4.69) is 18.7 Å². The molecule has 18 heavy (non-hydrogen) atoms. The van der Waals surface area contributed by atoms with Crippen molar-refractivity contribution in [2.75, 3.05) is 60.2 Å². The smallest absolute Gasteiger partial charge is 0.142 e. The number of hydrogen-bond donors (Lipinski definition) is 0. The number of ether oxygens (including phenoxy) is 2. The van der Waals surface area contributed by atoms with Crippen LogP contribution >= 0.6 is 0 Å². The lowest BCUT2D eigenvalue weighted by Crippen LogP contribution is -2.55. The predicted octanol–water partition coefficient (Wildman–Crippen LogP) is 1.56. The van der Waals surface area contributed by atoms with Gasteiger partial charge in [-0.3, -0.25) is 0 Å². The first-order chi connectivity index (χ1) is 8.70. The lowest BCUT2D eigenvalue weighted by atomic mass is 10.2. The molecule has 0 aromatic rings. The van der Waals surface area contributed by atoms with Gasteiger partial charge in [-0.15, -0.1) is 0 Å². The molecule has 4 nitrogen and oxygen atoms in total. The van der Waals surface area contributed by atoms with Gasteiger partial charge in [0.05, 0.1) is 39.4 Å². The molecule has 0 spiro atoms. The van der Waals surface area contributed by atoms with Gasteiger partial charge in [0.1, 0.15) is 6.17 Å². The standard InChI is InChI=1S/C14H31N2O2/c1-5-15-8-11-16(14(15)2,9-6-12-17-3)10-7-13-18-4/h14H,5-13H2,1-4H3/q+1. The average molecular weight is 259 g/mol. The first-order valence-electron chi connectivity index (χ1n) is 7.28. The fourth-order valence-corrected chi connectivity index (χ4v) is 3.23. The summed E-state index contributed by atoms with van der Waals surface area (Å²) in [7, 11) is 3.59. The molecule has 1 atom stereocenters. The summed E-state index contributed by atoms with van der Waals surface area (Å²) in [5, 5.41) is 0. The molecule has 1 saturated heterocycles. The SMILES string of the molecule is CCN1CC[N+](CCCOC)(CCCOC)C1C. The second-order valence-electron chi connectivity index (χ2n) is 5.34. The minimum atomic E-state index is 0.642. The molecule has 0 radical (unpaired) electrons. The van der Waals surface area contributed by atoms with E-state index < -0.39 is 0 Å². The molecule has 0 aliphatic carbocycles. The summed E-state index contributed by atoms with van der Waals surface area (Å²) in [6.07, 6.45) is 2.96. The highest BCUT2D eigenvalue weighted by atomic mass is 16.5. The molecule has 1 aliphatic rings. The summed E-state index contributed by atoms with van der Waals surface area (Å²) < 4.78 is 11.6. The van der Waals surface area contributed by atoms with E-state index in [-0.39, 0.29) is 0 Å². The quantitative estimate of drug-likeness (QED) is 0.463. The largest absolute Gasteiger partial charge is 0.384 e. The maximum Gasteiger partial charge on any atom is 0.142 e. The monoisotopic (exact) mass is 259 g/mol. The molecule has 1 unspecified atom stereocenters. The van der Waals surface area contributed by atoms with Gasteiger partial charge in [0.2, 0.25) is 0 Å². The Labute approximate surface area is 112 Å². The van der Waals surface area contributed by atoms with Gasteiger partial charge >= 0.3 is 0 Å². The van der Waals surface area contributed by atoms with Crippen LogP contribution in [0, 0.1) is 0 Å². The molecular weight excluding hydrogens is 228 g/mol. The number of nitrogens with zero attached hydrogens (tertiary/aromatic N) is 2. The van der Waals surface area contributed by atoms with E-state index in [1.54, 1.807) is 14.2 Å². The van der Waals surface area contributed by atoms with Crippen molar-refractivity contribution in [3.63, 3.8) is 0 Å². The van der Waals surface area contributed by atoms with E-state index in [0.717, 1.165) is 32.6 Å². The summed E-state index contributed by atoms with van der Waals surface area (Å²) >= 11 is 0. The van der Waals surface area contributed by atoms with Crippen LogP contribution in [-0.4, -0.2) is 75.7 Å². The van der Waals surface area contributed by atoms with Gasteiger partial charge in [-0.25, -0.2) is 4.90 Å². The highest BCUT2D eigenvalue weighted by molar-refractivity contribution is 4.68. The van der Waals surface area contributed by atoms with Crippen molar-refractivity contribution in [3.05, 3.63) is 0 Å². The predicted molar refractivity (Wildman–Crippen MR) is 74.6 cm³/mol. The molecular formula is C14H31N2O2+. The number of hydrogen-bond acceptors (Lipinski definition) is 3. The van der Waals surface area contributed by atoms with E-state index in [0.29, 0.717) is 6.17 Å². The Morgan fingerprint density at radius 2 is 1.67 bits per heavy atom. The molecule has 4 heteroatoms. The molecule has 0 amide bonds. The third-order valence-corrected chi connectivity index (χ3v) is 4.46. The van der Waals surface area contributed by atoms with Crippen LogP contribution in [0.3, 0.4) is 0 Å². The zero-order chi connectivity index (χ0) is 13.4. The molecule has 1 fully saturated rings. The third-order valence-electron chi connectivity index (χ3n) is 4.46. The fraction of sp³-hybridized carbons (Fsp3) is 1.00. The van der Waals surface area contributed by atoms with Crippen molar-refractivity contribution in [3.8, 4) is 0 Å². The van der Waals surface area contributed by atoms with Crippen LogP contribution in [0.25, 0.3) is 0 Å². The highest BCUT2D eigenvalue weighted by Gasteiger charge is 2.42. The number of likely N-dealkylation sites (N-methyl/N-ethyl adjacent to an activating group) is 1. The van der Waals surface area contributed by atoms with Crippen LogP contribution in [0.2, 0.25) is 0 Å². The zero-order valence-corrected chi connectivity index (χ0v) is 12.7. The lowest BCUT2D eigenvalue weighted by Gasteiger charge is -2.40. The van der Waals surface area contributed by atoms with Gasteiger partial charge in [0.25, 0.3) is 0 Å². The molecule has 0 aromatic heterocycles. The first kappa shape index (κ1) is 15.9. The summed E-state index contributed by atoms with van der Waals surface area (Å²) in [6.45, 7) is 12.5. The Morgan fingerprint density at radius 1 is 1.11 bits per heavy atom. The Morgan fingerprint density at radius 3 is 2.06 bits per heavy atom. The molecule has 0 bridgehead atoms. The van der Waals surface area contributed by atoms with Crippen molar-refractivity contribution < 1.29 is 14.0 Å². The maximum atomic E-state index is 5.21. The van der Waals surface area contributed by atoms with Gasteiger partial charge in [-0.2, -0.15) is 0 Å². The Hall–Kier alpha value is -0.160. The van der Waals surface area contributed by atoms with Crippen molar-refractivity contribution >= 4 is 0 Å². The summed E-state index contributed by atoms with van der Waals surface area (Å²) in [6, 6.07) is 0. The van der Waals surface area contributed by atoms with E-state index in [1.165, 1.54) is 30.7 Å². The summed E-state index contributed by atoms with van der Waals surface area (Å²) in [4.78, 5) is 2.60. The number of methoxy groups -OCH3 is 2. The molecule has 0 N–H and O–H groups in total. The van der Waals surface area contributed by atoms with Crippen LogP contribution in [0.5, 0.6) is 0 Å². The van der Waals surface area contributed by atoms with Gasteiger partial charge < -0.3 is 14.0 Å². The molecule has 1 heterocycles. The van der Waals surface area contributed by atoms with E-state index in [1.807, 2.05) is 0 Å². The Bertz CT molecular complexity index is 214. The first-order valence-corrected chi connectivity index (χ1v) is 7.28. The van der Waals surface area contributed by atoms with Crippen LogP contribution in [0.1, 0.15) is 26.7 Å². The second kappa shape index (κ2) is 8.10. The van der Waals surface area contributed by atoms with Crippen LogP contribution < -0.4 is 0 Å². The summed E-state index contributed by atoms with van der Waals surface area (Å²) in [5.41, 5.74) is 0. The molecule has 108 valence electrons. The Balaban J connectivity index is 2.56. The average Bonchev–Trinajstić information content (AvgIpc) is 2.68. The Kier molecular flexibility index (Phi) is 7.15. The van der Waals surface area contributed by atoms with Crippen molar-refractivity contribution in [1.82, 2.24) is 4.90 Å². The number of rotatable bonds is 9. The minimum Gasteiger partial charge on any atom is -0.384 e. The second-order valence-corrected chi connectivity index (χ2v) is 5.34. The third kappa shape index (κ3) is 3.92. The van der Waals surface area contributed by atoms with Crippen LogP contribution in [0.4, 0.5) is 0 Å². The lowest BCUT2D eigenvalue weighted by molar-refractivity contribution is -0.943. The molecule has 0 saturated carbocycles. The number of quaternary nitrogens is 1. The maximum absolute atomic E-state index is 5.21. The van der Waals surface area contributed by atoms with Crippen LogP contribution in [-0.2, 0) is 9.47 Å². The van der Waals surface area contributed by atoms with Gasteiger partial charge in [0.15, 0.2) is 0 Å². The molecule has 1 aliphatic heterocycles. The van der Waals surface area contributed by atoms with Crippen molar-refractivity contribution in [1.29, 1.82) is 0 Å². The van der Waals surface area contributed by atoms with Crippen LogP contribution in [0.15, 0.2) is 0 Å². The zero-order valence-electron chi connectivity index (χ0n) is 12.7. The van der Waals surface area contributed by atoms with Crippen molar-refractivity contribution in [2.24, 2.45) is 0 Å². The van der Waals surface area contributed by atoms with E-state index in [9.17, 15) is 0 Å². The van der Waals surface area contributed by atoms with E-state index >= 15 is 0 Å². The molecule has 0 aromatic carbocycles. The highest BCUT2D eigenvalue weighted by Crippen LogP contribution is 2.25. The fourth-order valence-electron chi connectivity index (χ4n) is 3.23. The summed E-state index contributed by atoms with van der Waals surface area (Å²) in [5.74, 6) is 0. The minimum absolute atomic E-state index is 0.642. The normalized spacial score (nSPS) is 23.7.